The topological polar surface area (TPSA) is 36.9 Å². The lowest BCUT2D eigenvalue weighted by molar-refractivity contribution is -0.274. The third-order valence-corrected chi connectivity index (χ3v) is 13.1. The fourth-order valence-corrected chi connectivity index (χ4v) is 11.4. The molecule has 4 saturated carbocycles. The molecule has 1 unspecified atom stereocenters. The first kappa shape index (κ1) is 23.9. The third kappa shape index (κ3) is 3.12. The molecule has 198 valence electrons. The minimum absolute atomic E-state index is 0.248. The molecule has 3 aliphatic heterocycles. The van der Waals surface area contributed by atoms with Gasteiger partial charge in [-0.25, -0.2) is 0 Å². The van der Waals surface area contributed by atoms with Crippen LogP contribution in [0, 0.1) is 58.2 Å². The van der Waals surface area contributed by atoms with Crippen molar-refractivity contribution in [3.05, 3.63) is 0 Å². The number of hydrogen-bond donors (Lipinski definition) is 0. The van der Waals surface area contributed by atoms with Crippen molar-refractivity contribution >= 4 is 0 Å². The Morgan fingerprint density at radius 2 is 1.37 bits per heavy atom. The minimum atomic E-state index is -0.464. The van der Waals surface area contributed by atoms with Gasteiger partial charge in [0.25, 0.3) is 0 Å². The van der Waals surface area contributed by atoms with Gasteiger partial charge in [-0.3, -0.25) is 0 Å². The largest absolute Gasteiger partial charge is 0.349 e. The van der Waals surface area contributed by atoms with Crippen molar-refractivity contribution < 1.29 is 18.9 Å². The van der Waals surface area contributed by atoms with E-state index in [1.807, 2.05) is 0 Å². The highest BCUT2D eigenvalue weighted by atomic mass is 16.8. The predicted octanol–water partition coefficient (Wildman–Crippen LogP) is 6.81. The number of hydrogen-bond acceptors (Lipinski definition) is 4. The van der Waals surface area contributed by atoms with Crippen LogP contribution < -0.4 is 0 Å². The summed E-state index contributed by atoms with van der Waals surface area (Å²) >= 11 is 0. The zero-order valence-electron chi connectivity index (χ0n) is 23.3. The Balaban J connectivity index is 1.24. The lowest BCUT2D eigenvalue weighted by Gasteiger charge is -2.63. The summed E-state index contributed by atoms with van der Waals surface area (Å²) in [6.07, 6.45) is 11.1. The van der Waals surface area contributed by atoms with Gasteiger partial charge in [-0.15, -0.1) is 0 Å². The molecule has 3 saturated heterocycles. The SMILES string of the molecule is CC1CC[C@@]2(OC1)O[C@H]1C[C@H]3[C@@H]4[C@H]5OC(C)(C)O[C@@H]5[C@H]5C[C@@H](C)CC[C@]5(C)[C@H]4CC[C@]3(C)[C@H]1[C@@H]2C. The van der Waals surface area contributed by atoms with Crippen LogP contribution in [0.1, 0.15) is 99.8 Å². The zero-order chi connectivity index (χ0) is 24.5. The molecule has 1 spiro atoms. The second-order valence-electron chi connectivity index (χ2n) is 15.4. The van der Waals surface area contributed by atoms with Crippen molar-refractivity contribution in [3.63, 3.8) is 0 Å². The van der Waals surface area contributed by atoms with Crippen molar-refractivity contribution in [2.45, 2.75) is 130 Å². The fraction of sp³-hybridized carbons (Fsp3) is 1.00. The summed E-state index contributed by atoms with van der Waals surface area (Å²) in [5, 5.41) is 0. The highest BCUT2D eigenvalue weighted by molar-refractivity contribution is 5.19. The van der Waals surface area contributed by atoms with Crippen LogP contribution in [-0.4, -0.2) is 36.5 Å². The van der Waals surface area contributed by atoms with Crippen LogP contribution in [0.3, 0.4) is 0 Å². The first-order chi connectivity index (χ1) is 16.5. The van der Waals surface area contributed by atoms with Crippen LogP contribution in [0.4, 0.5) is 0 Å². The van der Waals surface area contributed by atoms with Crippen molar-refractivity contribution in [2.24, 2.45) is 58.2 Å². The van der Waals surface area contributed by atoms with Crippen LogP contribution in [-0.2, 0) is 18.9 Å². The summed E-state index contributed by atoms with van der Waals surface area (Å²) in [6, 6.07) is 0. The maximum atomic E-state index is 7.02. The molecular weight excluding hydrogens is 436 g/mol. The van der Waals surface area contributed by atoms with Gasteiger partial charge in [-0.2, -0.15) is 0 Å². The molecule has 0 aromatic rings. The standard InChI is InChI=1S/C31H50O4/c1-17-8-11-29(6)20-10-12-30(7)21(24(20)27-26(22(29)14-17)34-28(4,5)35-27)15-23-25(30)19(3)31(33-23)13-9-18(2)16-32-31/h17-27H,8-16H2,1-7H3/t17-,18?,19-,20-,21-,22+,23-,24+,25-,26+,27+,29+,30-,31+/m0/s1. The summed E-state index contributed by atoms with van der Waals surface area (Å²) < 4.78 is 27.3. The van der Waals surface area contributed by atoms with E-state index >= 15 is 0 Å². The second kappa shape index (κ2) is 7.48. The van der Waals surface area contributed by atoms with Crippen molar-refractivity contribution in [2.75, 3.05) is 6.61 Å². The lowest BCUT2D eigenvalue weighted by Crippen LogP contribution is -2.63. The van der Waals surface area contributed by atoms with Crippen LogP contribution >= 0.6 is 0 Å². The molecule has 0 N–H and O–H groups in total. The Morgan fingerprint density at radius 1 is 0.657 bits per heavy atom. The summed E-state index contributed by atoms with van der Waals surface area (Å²) in [7, 11) is 0. The van der Waals surface area contributed by atoms with E-state index in [0.29, 0.717) is 52.4 Å². The monoisotopic (exact) mass is 486 g/mol. The van der Waals surface area contributed by atoms with Crippen LogP contribution in [0.15, 0.2) is 0 Å². The molecule has 4 nitrogen and oxygen atoms in total. The molecule has 7 aliphatic rings. The Morgan fingerprint density at radius 3 is 2.11 bits per heavy atom. The van der Waals surface area contributed by atoms with E-state index in [0.717, 1.165) is 24.9 Å². The second-order valence-corrected chi connectivity index (χ2v) is 15.4. The van der Waals surface area contributed by atoms with Gasteiger partial charge >= 0.3 is 0 Å². The number of rotatable bonds is 0. The van der Waals surface area contributed by atoms with Crippen molar-refractivity contribution in [1.29, 1.82) is 0 Å². The third-order valence-electron chi connectivity index (χ3n) is 13.1. The Labute approximate surface area is 213 Å². The molecule has 0 radical (unpaired) electrons. The number of ether oxygens (including phenoxy) is 4. The molecule has 4 heteroatoms. The molecule has 0 amide bonds. The lowest BCUT2D eigenvalue weighted by atomic mass is 9.42. The average Bonchev–Trinajstić information content (AvgIpc) is 3.37. The van der Waals surface area contributed by atoms with E-state index in [1.54, 1.807) is 0 Å². The fourth-order valence-electron chi connectivity index (χ4n) is 11.4. The maximum Gasteiger partial charge on any atom is 0.171 e. The first-order valence-electron chi connectivity index (χ1n) is 15.1. The van der Waals surface area contributed by atoms with Crippen molar-refractivity contribution in [1.82, 2.24) is 0 Å². The van der Waals surface area contributed by atoms with Gasteiger partial charge in [0.1, 0.15) is 0 Å². The van der Waals surface area contributed by atoms with Gasteiger partial charge < -0.3 is 18.9 Å². The summed E-state index contributed by atoms with van der Waals surface area (Å²) in [6.45, 7) is 17.7. The normalized spacial score (nSPS) is 62.7. The summed E-state index contributed by atoms with van der Waals surface area (Å²) in [5.41, 5.74) is 0.699. The Hall–Kier alpha value is -0.160. The average molecular weight is 487 g/mol. The molecule has 7 fully saturated rings. The van der Waals surface area contributed by atoms with Crippen LogP contribution in [0.25, 0.3) is 0 Å². The predicted molar refractivity (Wildman–Crippen MR) is 135 cm³/mol. The van der Waals surface area contributed by atoms with E-state index in [1.165, 1.54) is 44.9 Å². The van der Waals surface area contributed by atoms with Gasteiger partial charge in [-0.1, -0.05) is 41.0 Å². The van der Waals surface area contributed by atoms with Crippen LogP contribution in [0.2, 0.25) is 0 Å². The Kier molecular flexibility index (Phi) is 5.11. The highest BCUT2D eigenvalue weighted by Gasteiger charge is 2.72. The molecule has 0 aromatic carbocycles. The van der Waals surface area contributed by atoms with Gasteiger partial charge in [0.15, 0.2) is 11.6 Å². The molecule has 4 aliphatic carbocycles. The smallest absolute Gasteiger partial charge is 0.171 e. The molecule has 14 atom stereocenters. The molecule has 7 rings (SSSR count). The van der Waals surface area contributed by atoms with E-state index in [9.17, 15) is 0 Å². The molecular formula is C31H50O4. The number of fused-ring (bicyclic) bond motifs is 10. The summed E-state index contributed by atoms with van der Waals surface area (Å²) in [4.78, 5) is 0. The highest BCUT2D eigenvalue weighted by Crippen LogP contribution is 2.72. The van der Waals surface area contributed by atoms with Gasteiger partial charge in [0, 0.05) is 12.3 Å². The quantitative estimate of drug-likeness (QED) is 0.377. The van der Waals surface area contributed by atoms with E-state index in [2.05, 4.69) is 48.5 Å². The minimum Gasteiger partial charge on any atom is -0.349 e. The van der Waals surface area contributed by atoms with E-state index in [-0.39, 0.29) is 18.0 Å². The van der Waals surface area contributed by atoms with Crippen LogP contribution in [0.5, 0.6) is 0 Å². The van der Waals surface area contributed by atoms with E-state index in [4.69, 9.17) is 18.9 Å². The maximum absolute atomic E-state index is 7.02. The van der Waals surface area contributed by atoms with E-state index < -0.39 is 5.79 Å². The molecule has 0 aromatic heterocycles. The summed E-state index contributed by atoms with van der Waals surface area (Å²) in [5.74, 6) is 4.41. The van der Waals surface area contributed by atoms with Gasteiger partial charge in [0.05, 0.1) is 24.9 Å². The molecule has 3 heterocycles. The Bertz CT molecular complexity index is 862. The zero-order valence-corrected chi connectivity index (χ0v) is 23.3. The van der Waals surface area contributed by atoms with Crippen molar-refractivity contribution in [3.8, 4) is 0 Å². The molecule has 0 bridgehead atoms. The van der Waals surface area contributed by atoms with Gasteiger partial charge in [0.2, 0.25) is 0 Å². The first-order valence-corrected chi connectivity index (χ1v) is 15.1. The molecule has 35 heavy (non-hydrogen) atoms. The van der Waals surface area contributed by atoms with Gasteiger partial charge in [-0.05, 0) is 105 Å².